The van der Waals surface area contributed by atoms with E-state index in [1.807, 2.05) is 6.92 Å². The van der Waals surface area contributed by atoms with Gasteiger partial charge in [0, 0.05) is 12.8 Å². The minimum Gasteiger partial charge on any atom is -0.503 e. The third kappa shape index (κ3) is 5.56. The second kappa shape index (κ2) is 8.38. The predicted octanol–water partition coefficient (Wildman–Crippen LogP) is 2.35. The summed E-state index contributed by atoms with van der Waals surface area (Å²) in [6.45, 7) is 4.99. The van der Waals surface area contributed by atoms with Crippen LogP contribution >= 0.6 is 0 Å². The van der Waals surface area contributed by atoms with Crippen molar-refractivity contribution in [2.24, 2.45) is 0 Å². The Labute approximate surface area is 106 Å². The summed E-state index contributed by atoms with van der Waals surface area (Å²) in [5.74, 6) is -2.74. The van der Waals surface area contributed by atoms with Crippen molar-refractivity contribution in [2.45, 2.75) is 52.6 Å². The van der Waals surface area contributed by atoms with E-state index in [9.17, 15) is 19.8 Å². The molecule has 0 saturated carbocycles. The van der Waals surface area contributed by atoms with E-state index >= 15 is 0 Å². The van der Waals surface area contributed by atoms with Crippen molar-refractivity contribution in [3.05, 3.63) is 11.7 Å². The maximum atomic E-state index is 11.2. The summed E-state index contributed by atoms with van der Waals surface area (Å²) in [5.41, 5.74) is 0. The van der Waals surface area contributed by atoms with E-state index in [1.54, 1.807) is 13.8 Å². The van der Waals surface area contributed by atoms with E-state index in [1.165, 1.54) is 0 Å². The third-order valence-electron chi connectivity index (χ3n) is 2.14. The zero-order valence-corrected chi connectivity index (χ0v) is 10.9. The fraction of sp³-hybridized carbons (Fsp3) is 0.667. The summed E-state index contributed by atoms with van der Waals surface area (Å²) < 4.78 is 9.40. The Bertz CT molecular complexity index is 321. The average Bonchev–Trinajstić information content (AvgIpc) is 2.36. The highest BCUT2D eigenvalue weighted by atomic mass is 16.6. The summed E-state index contributed by atoms with van der Waals surface area (Å²) in [6.07, 6.45) is 0.173. The molecule has 0 aromatic heterocycles. The molecule has 0 aliphatic carbocycles. The van der Waals surface area contributed by atoms with E-state index in [0.29, 0.717) is 12.8 Å². The van der Waals surface area contributed by atoms with E-state index in [4.69, 9.17) is 4.74 Å². The van der Waals surface area contributed by atoms with Crippen molar-refractivity contribution < 1.29 is 29.3 Å². The molecule has 0 saturated heterocycles. The van der Waals surface area contributed by atoms with E-state index in [2.05, 4.69) is 4.74 Å². The van der Waals surface area contributed by atoms with Gasteiger partial charge in [0.2, 0.25) is 5.76 Å². The van der Waals surface area contributed by atoms with Crippen LogP contribution in [0, 0.1) is 0 Å². The maximum Gasteiger partial charge on any atom is 0.328 e. The summed E-state index contributed by atoms with van der Waals surface area (Å²) in [7, 11) is 0. The topological polar surface area (TPSA) is 93.1 Å². The Morgan fingerprint density at radius 2 is 1.61 bits per heavy atom. The highest BCUT2D eigenvalue weighted by molar-refractivity contribution is 5.70. The van der Waals surface area contributed by atoms with Gasteiger partial charge < -0.3 is 19.7 Å². The fourth-order valence-corrected chi connectivity index (χ4v) is 1.13. The smallest absolute Gasteiger partial charge is 0.328 e. The van der Waals surface area contributed by atoms with E-state index < -0.39 is 29.7 Å². The van der Waals surface area contributed by atoms with Crippen LogP contribution < -0.4 is 0 Å². The zero-order valence-electron chi connectivity index (χ0n) is 10.9. The first kappa shape index (κ1) is 16.3. The molecule has 0 bridgehead atoms. The lowest BCUT2D eigenvalue weighted by molar-refractivity contribution is -0.149. The van der Waals surface area contributed by atoms with Crippen LogP contribution in [0.2, 0.25) is 0 Å². The molecule has 0 aliphatic rings. The molecule has 0 aromatic rings. The van der Waals surface area contributed by atoms with Crippen LogP contribution in [0.3, 0.4) is 0 Å². The molecule has 18 heavy (non-hydrogen) atoms. The number of ether oxygens (including phenoxy) is 2. The molecular weight excluding hydrogens is 240 g/mol. The van der Waals surface area contributed by atoms with Gasteiger partial charge in [0.25, 0.3) is 0 Å². The first-order chi connectivity index (χ1) is 8.46. The Kier molecular flexibility index (Phi) is 7.58. The predicted molar refractivity (Wildman–Crippen MR) is 63.7 cm³/mol. The lowest BCUT2D eigenvalue weighted by atomic mass is 10.2. The largest absolute Gasteiger partial charge is 0.503 e. The van der Waals surface area contributed by atoms with Crippen LogP contribution in [-0.2, 0) is 19.1 Å². The van der Waals surface area contributed by atoms with Gasteiger partial charge in [0.15, 0.2) is 6.10 Å². The zero-order chi connectivity index (χ0) is 14.1. The SMILES string of the molecule is CCCC(OC(=O)CC)/C(O)=C(\O)OC(=O)CC. The van der Waals surface area contributed by atoms with Gasteiger partial charge in [-0.15, -0.1) is 0 Å². The molecule has 104 valence electrons. The highest BCUT2D eigenvalue weighted by Gasteiger charge is 2.23. The molecule has 0 heterocycles. The van der Waals surface area contributed by atoms with Gasteiger partial charge in [-0.25, -0.2) is 0 Å². The van der Waals surface area contributed by atoms with Crippen molar-refractivity contribution in [3.8, 4) is 0 Å². The number of aliphatic hydroxyl groups is 2. The van der Waals surface area contributed by atoms with Crippen LogP contribution in [-0.4, -0.2) is 28.3 Å². The van der Waals surface area contributed by atoms with Crippen molar-refractivity contribution in [3.63, 3.8) is 0 Å². The second-order valence-corrected chi connectivity index (χ2v) is 3.64. The van der Waals surface area contributed by atoms with Gasteiger partial charge in [0.05, 0.1) is 0 Å². The standard InChI is InChI=1S/C12H20O6/c1-4-7-8(17-9(13)5-2)11(15)12(16)18-10(14)6-3/h8,15-16H,4-7H2,1-3H3/b12-11-. The number of hydrogen-bond acceptors (Lipinski definition) is 6. The maximum absolute atomic E-state index is 11.2. The van der Waals surface area contributed by atoms with E-state index in [0.717, 1.165) is 0 Å². The molecule has 0 fully saturated rings. The second-order valence-electron chi connectivity index (χ2n) is 3.64. The average molecular weight is 260 g/mol. The van der Waals surface area contributed by atoms with Gasteiger partial charge in [-0.05, 0) is 6.42 Å². The molecule has 2 N–H and O–H groups in total. The Balaban J connectivity index is 4.80. The number of carbonyl (C=O) groups excluding carboxylic acids is 2. The molecular formula is C12H20O6. The number of carbonyl (C=O) groups is 2. The lowest BCUT2D eigenvalue weighted by Gasteiger charge is -2.16. The molecule has 6 heteroatoms. The molecule has 0 amide bonds. The van der Waals surface area contributed by atoms with Gasteiger partial charge >= 0.3 is 17.9 Å². The number of aliphatic hydroxyl groups excluding tert-OH is 2. The monoisotopic (exact) mass is 260 g/mol. The number of hydrogen-bond donors (Lipinski definition) is 2. The number of rotatable bonds is 7. The molecule has 1 atom stereocenters. The van der Waals surface area contributed by atoms with Crippen LogP contribution in [0.4, 0.5) is 0 Å². The highest BCUT2D eigenvalue weighted by Crippen LogP contribution is 2.15. The summed E-state index contributed by atoms with van der Waals surface area (Å²) in [5, 5.41) is 19.1. The minimum absolute atomic E-state index is 0.0601. The first-order valence-corrected chi connectivity index (χ1v) is 5.98. The summed E-state index contributed by atoms with van der Waals surface area (Å²) in [4.78, 5) is 22.1. The van der Waals surface area contributed by atoms with Gasteiger partial charge in [-0.3, -0.25) is 9.59 Å². The van der Waals surface area contributed by atoms with Crippen LogP contribution in [0.15, 0.2) is 11.7 Å². The quantitative estimate of drug-likeness (QED) is 0.539. The van der Waals surface area contributed by atoms with Crippen LogP contribution in [0.1, 0.15) is 46.5 Å². The molecule has 1 unspecified atom stereocenters. The fourth-order valence-electron chi connectivity index (χ4n) is 1.13. The van der Waals surface area contributed by atoms with Gasteiger partial charge in [-0.1, -0.05) is 27.2 Å². The summed E-state index contributed by atoms with van der Waals surface area (Å²) >= 11 is 0. The Hall–Kier alpha value is -1.72. The minimum atomic E-state index is -0.993. The number of esters is 2. The molecule has 0 radical (unpaired) electrons. The summed E-state index contributed by atoms with van der Waals surface area (Å²) in [6, 6.07) is 0. The van der Waals surface area contributed by atoms with Gasteiger partial charge in [-0.2, -0.15) is 0 Å². The molecule has 0 aliphatic heterocycles. The third-order valence-corrected chi connectivity index (χ3v) is 2.14. The molecule has 0 rings (SSSR count). The Morgan fingerprint density at radius 3 is 2.06 bits per heavy atom. The Morgan fingerprint density at radius 1 is 1.06 bits per heavy atom. The van der Waals surface area contributed by atoms with Crippen molar-refractivity contribution >= 4 is 11.9 Å². The van der Waals surface area contributed by atoms with E-state index in [-0.39, 0.29) is 12.8 Å². The molecule has 0 aromatic carbocycles. The first-order valence-electron chi connectivity index (χ1n) is 5.98. The van der Waals surface area contributed by atoms with Crippen LogP contribution in [0.25, 0.3) is 0 Å². The van der Waals surface area contributed by atoms with Crippen molar-refractivity contribution in [2.75, 3.05) is 0 Å². The van der Waals surface area contributed by atoms with Crippen molar-refractivity contribution in [1.82, 2.24) is 0 Å². The molecule has 6 nitrogen and oxygen atoms in total. The van der Waals surface area contributed by atoms with Crippen LogP contribution in [0.5, 0.6) is 0 Å². The lowest BCUT2D eigenvalue weighted by Crippen LogP contribution is -2.22. The van der Waals surface area contributed by atoms with Gasteiger partial charge in [0.1, 0.15) is 0 Å². The normalized spacial score (nSPS) is 13.5. The van der Waals surface area contributed by atoms with Crippen molar-refractivity contribution in [1.29, 1.82) is 0 Å². The molecule has 0 spiro atoms.